The zero-order valence-electron chi connectivity index (χ0n) is 15.6. The highest BCUT2D eigenvalue weighted by atomic mass is 19.4. The second kappa shape index (κ2) is 5.70. The van der Waals surface area contributed by atoms with E-state index in [0.717, 1.165) is 4.68 Å². The molecule has 4 rings (SSSR count). The summed E-state index contributed by atoms with van der Waals surface area (Å²) < 4.78 is 65.7. The standard InChI is InChI=1S/C18H21BF4N2O2/c1-16(2)17(3,4)27-19(26-16)13-6-11(13)12-7-15-10(5-14(12)20)8-24-25(15)9-18(21,22)23/h5,7-8,11,13H,6,9H2,1-4H3/t11-,13+/m1/s1. The monoisotopic (exact) mass is 384 g/mol. The largest absolute Gasteiger partial charge is 0.461 e. The zero-order valence-corrected chi connectivity index (χ0v) is 15.6. The van der Waals surface area contributed by atoms with Crippen LogP contribution in [0.2, 0.25) is 5.82 Å². The number of rotatable bonds is 3. The van der Waals surface area contributed by atoms with Crippen LogP contribution in [0.4, 0.5) is 17.6 Å². The van der Waals surface area contributed by atoms with Crippen LogP contribution in [0.5, 0.6) is 0 Å². The number of nitrogens with zero attached hydrogens (tertiary/aromatic N) is 2. The summed E-state index contributed by atoms with van der Waals surface area (Å²) in [6.07, 6.45) is -2.46. The number of alkyl halides is 3. The fourth-order valence-corrected chi connectivity index (χ4v) is 3.63. The van der Waals surface area contributed by atoms with Gasteiger partial charge in [0.2, 0.25) is 0 Å². The molecule has 1 saturated carbocycles. The summed E-state index contributed by atoms with van der Waals surface area (Å²) in [6.45, 7) is 6.60. The molecule has 2 aliphatic rings. The first-order valence-corrected chi connectivity index (χ1v) is 8.95. The van der Waals surface area contributed by atoms with Crippen LogP contribution < -0.4 is 0 Å². The third kappa shape index (κ3) is 3.25. The Balaban J connectivity index is 1.60. The van der Waals surface area contributed by atoms with Gasteiger partial charge in [-0.1, -0.05) is 0 Å². The van der Waals surface area contributed by atoms with E-state index in [9.17, 15) is 17.6 Å². The molecular formula is C18H21BF4N2O2. The Morgan fingerprint density at radius 1 is 1.19 bits per heavy atom. The van der Waals surface area contributed by atoms with E-state index in [1.165, 1.54) is 18.3 Å². The van der Waals surface area contributed by atoms with E-state index in [-0.39, 0.29) is 17.3 Å². The maximum absolute atomic E-state index is 14.6. The third-order valence-corrected chi connectivity index (χ3v) is 5.95. The molecule has 0 spiro atoms. The highest BCUT2D eigenvalue weighted by molar-refractivity contribution is 6.49. The average Bonchev–Trinajstić information content (AvgIpc) is 3.16. The van der Waals surface area contributed by atoms with Crippen LogP contribution in [0.3, 0.4) is 0 Å². The van der Waals surface area contributed by atoms with Crippen LogP contribution in [0.25, 0.3) is 10.9 Å². The summed E-state index contributed by atoms with van der Waals surface area (Å²) in [5.41, 5.74) is -0.272. The van der Waals surface area contributed by atoms with Gasteiger partial charge >= 0.3 is 13.3 Å². The van der Waals surface area contributed by atoms with Crippen molar-refractivity contribution in [3.8, 4) is 0 Å². The number of halogens is 4. The molecule has 0 N–H and O–H groups in total. The van der Waals surface area contributed by atoms with Crippen LogP contribution in [-0.2, 0) is 15.9 Å². The maximum Gasteiger partial charge on any atom is 0.461 e. The minimum absolute atomic E-state index is 0.0167. The number of benzene rings is 1. The normalized spacial score (nSPS) is 26.7. The summed E-state index contributed by atoms with van der Waals surface area (Å²) >= 11 is 0. The molecule has 0 amide bonds. The number of hydrogen-bond acceptors (Lipinski definition) is 3. The van der Waals surface area contributed by atoms with Gasteiger partial charge in [-0.05, 0) is 57.7 Å². The van der Waals surface area contributed by atoms with Gasteiger partial charge in [0.05, 0.1) is 22.9 Å². The predicted octanol–water partition coefficient (Wildman–Crippen LogP) is 4.69. The summed E-state index contributed by atoms with van der Waals surface area (Å²) in [4.78, 5) is 0. The Hall–Kier alpha value is -1.61. The molecule has 1 aliphatic heterocycles. The van der Waals surface area contributed by atoms with Gasteiger partial charge in [0.25, 0.3) is 0 Å². The summed E-state index contributed by atoms with van der Waals surface area (Å²) in [7, 11) is -0.449. The molecule has 2 fully saturated rings. The molecule has 146 valence electrons. The van der Waals surface area contributed by atoms with Crippen LogP contribution >= 0.6 is 0 Å². The lowest BCUT2D eigenvalue weighted by Crippen LogP contribution is -2.41. The maximum atomic E-state index is 14.6. The van der Waals surface area contributed by atoms with Crippen molar-refractivity contribution in [2.45, 2.75) is 69.8 Å². The summed E-state index contributed by atoms with van der Waals surface area (Å²) in [6, 6.07) is 2.74. The molecule has 9 heteroatoms. The molecule has 1 saturated heterocycles. The van der Waals surface area contributed by atoms with Crippen molar-refractivity contribution in [2.24, 2.45) is 0 Å². The summed E-state index contributed by atoms with van der Waals surface area (Å²) in [5.74, 6) is -0.589. The molecule has 2 aromatic rings. The van der Waals surface area contributed by atoms with Gasteiger partial charge in [-0.25, -0.2) is 4.39 Å². The predicted molar refractivity (Wildman–Crippen MR) is 92.9 cm³/mol. The van der Waals surface area contributed by atoms with Crippen LogP contribution in [0.15, 0.2) is 18.3 Å². The van der Waals surface area contributed by atoms with Crippen molar-refractivity contribution in [2.75, 3.05) is 0 Å². The number of fused-ring (bicyclic) bond motifs is 1. The van der Waals surface area contributed by atoms with E-state index in [0.29, 0.717) is 17.4 Å². The first-order chi connectivity index (χ1) is 12.4. The second-order valence-electron chi connectivity index (χ2n) is 8.48. The summed E-state index contributed by atoms with van der Waals surface area (Å²) in [5, 5.41) is 4.11. The smallest absolute Gasteiger partial charge is 0.403 e. The van der Waals surface area contributed by atoms with Gasteiger partial charge in [0, 0.05) is 11.2 Å². The van der Waals surface area contributed by atoms with Gasteiger partial charge in [-0.3, -0.25) is 4.68 Å². The Kier molecular flexibility index (Phi) is 3.96. The first kappa shape index (κ1) is 18.7. The molecule has 4 nitrogen and oxygen atoms in total. The van der Waals surface area contributed by atoms with Crippen molar-refractivity contribution in [3.05, 3.63) is 29.7 Å². The second-order valence-corrected chi connectivity index (χ2v) is 8.48. The lowest BCUT2D eigenvalue weighted by atomic mass is 9.79. The van der Waals surface area contributed by atoms with Crippen LogP contribution in [0.1, 0.15) is 45.6 Å². The fraction of sp³-hybridized carbons (Fsp3) is 0.611. The van der Waals surface area contributed by atoms with Crippen LogP contribution in [0, 0.1) is 5.82 Å². The molecule has 2 heterocycles. The van der Waals surface area contributed by atoms with E-state index in [1.807, 2.05) is 27.7 Å². The van der Waals surface area contributed by atoms with E-state index < -0.39 is 36.9 Å². The van der Waals surface area contributed by atoms with Crippen molar-refractivity contribution in [3.63, 3.8) is 0 Å². The zero-order chi connectivity index (χ0) is 19.8. The fourth-order valence-electron chi connectivity index (χ4n) is 3.63. The van der Waals surface area contributed by atoms with Gasteiger partial charge in [0.1, 0.15) is 12.4 Å². The molecule has 1 aromatic carbocycles. The Labute approximate surface area is 155 Å². The average molecular weight is 384 g/mol. The minimum atomic E-state index is -4.39. The highest BCUT2D eigenvalue weighted by Crippen LogP contribution is 2.59. The molecule has 27 heavy (non-hydrogen) atoms. The molecular weight excluding hydrogens is 363 g/mol. The van der Waals surface area contributed by atoms with Crippen molar-refractivity contribution in [1.82, 2.24) is 9.78 Å². The first-order valence-electron chi connectivity index (χ1n) is 8.95. The quantitative estimate of drug-likeness (QED) is 0.569. The van der Waals surface area contributed by atoms with Gasteiger partial charge in [-0.15, -0.1) is 0 Å². The van der Waals surface area contributed by atoms with E-state index >= 15 is 0 Å². The Morgan fingerprint density at radius 3 is 2.41 bits per heavy atom. The van der Waals surface area contributed by atoms with Crippen LogP contribution in [-0.4, -0.2) is 34.3 Å². The molecule has 2 atom stereocenters. The topological polar surface area (TPSA) is 36.3 Å². The third-order valence-electron chi connectivity index (χ3n) is 5.95. The van der Waals surface area contributed by atoms with Crippen molar-refractivity contribution >= 4 is 18.0 Å². The lowest BCUT2D eigenvalue weighted by molar-refractivity contribution is -0.141. The van der Waals surface area contributed by atoms with Crippen molar-refractivity contribution in [1.29, 1.82) is 0 Å². The molecule has 1 aliphatic carbocycles. The van der Waals surface area contributed by atoms with E-state index in [1.54, 1.807) is 0 Å². The number of aromatic nitrogens is 2. The van der Waals surface area contributed by atoms with Gasteiger partial charge in [0.15, 0.2) is 0 Å². The van der Waals surface area contributed by atoms with E-state index in [2.05, 4.69) is 5.10 Å². The molecule has 0 bridgehead atoms. The highest BCUT2D eigenvalue weighted by Gasteiger charge is 2.60. The number of hydrogen-bond donors (Lipinski definition) is 0. The van der Waals surface area contributed by atoms with Gasteiger partial charge < -0.3 is 9.31 Å². The molecule has 0 radical (unpaired) electrons. The minimum Gasteiger partial charge on any atom is -0.403 e. The van der Waals surface area contributed by atoms with Crippen molar-refractivity contribution < 1.29 is 26.9 Å². The Morgan fingerprint density at radius 2 is 1.81 bits per heavy atom. The lowest BCUT2D eigenvalue weighted by Gasteiger charge is -2.32. The molecule has 1 aromatic heterocycles. The Bertz CT molecular complexity index is 877. The van der Waals surface area contributed by atoms with Gasteiger partial charge in [-0.2, -0.15) is 18.3 Å². The molecule has 0 unspecified atom stereocenters. The SMILES string of the molecule is CC1(C)OB([C@H]2C[C@@H]2c2cc3c(cnn3CC(F)(F)F)cc2F)OC1(C)C. The van der Waals surface area contributed by atoms with E-state index in [4.69, 9.17) is 9.31 Å².